The van der Waals surface area contributed by atoms with E-state index in [1.807, 2.05) is 0 Å². The normalized spacial score (nSPS) is 16.8. The fourth-order valence-corrected chi connectivity index (χ4v) is 3.84. The maximum absolute atomic E-state index is 12.9. The van der Waals surface area contributed by atoms with Crippen molar-refractivity contribution in [2.75, 3.05) is 19.6 Å². The smallest absolute Gasteiger partial charge is 0.356 e. The molecular weight excluding hydrogens is 421 g/mol. The number of hydrogen-bond donors (Lipinski definition) is 1. The summed E-state index contributed by atoms with van der Waals surface area (Å²) in [5.74, 6) is -0.412. The average molecular weight is 451 g/mol. The molecule has 2 amide bonds. The number of piperidine rings is 1. The maximum atomic E-state index is 12.9. The van der Waals surface area contributed by atoms with Crippen LogP contribution in [-0.2, 0) is 11.0 Å². The second kappa shape index (κ2) is 10.7. The van der Waals surface area contributed by atoms with E-state index >= 15 is 0 Å². The third-order valence-electron chi connectivity index (χ3n) is 5.67. The van der Waals surface area contributed by atoms with E-state index in [-0.39, 0.29) is 17.7 Å². The molecule has 2 heterocycles. The summed E-state index contributed by atoms with van der Waals surface area (Å²) in [7, 11) is 0. The fourth-order valence-electron chi connectivity index (χ4n) is 3.84. The molecule has 1 aromatic heterocycles. The number of amides is 2. The van der Waals surface area contributed by atoms with Gasteiger partial charge in [0, 0.05) is 31.4 Å². The lowest BCUT2D eigenvalue weighted by Gasteiger charge is -2.32. The first-order valence-electron chi connectivity index (χ1n) is 11.1. The van der Waals surface area contributed by atoms with E-state index < -0.39 is 11.9 Å². The fraction of sp³-hybridized carbons (Fsp3) is 0.522. The first-order valence-corrected chi connectivity index (χ1v) is 11.1. The van der Waals surface area contributed by atoms with Gasteiger partial charge in [-0.15, -0.1) is 0 Å². The Morgan fingerprint density at radius 3 is 2.53 bits per heavy atom. The molecule has 0 saturated carbocycles. The van der Waals surface area contributed by atoms with Crippen molar-refractivity contribution in [3.05, 3.63) is 47.8 Å². The van der Waals surface area contributed by atoms with Crippen LogP contribution < -0.4 is 5.32 Å². The van der Waals surface area contributed by atoms with Crippen molar-refractivity contribution < 1.29 is 22.8 Å². The zero-order valence-corrected chi connectivity index (χ0v) is 18.2. The van der Waals surface area contributed by atoms with Gasteiger partial charge in [-0.2, -0.15) is 18.3 Å². The minimum absolute atomic E-state index is 0.00602. The molecule has 1 saturated heterocycles. The van der Waals surface area contributed by atoms with Crippen molar-refractivity contribution in [3.63, 3.8) is 0 Å². The van der Waals surface area contributed by atoms with E-state index in [0.717, 1.165) is 49.3 Å². The number of nitrogens with zero attached hydrogens (tertiary/aromatic N) is 3. The quantitative estimate of drug-likeness (QED) is 0.605. The van der Waals surface area contributed by atoms with Crippen LogP contribution in [0.4, 0.5) is 13.2 Å². The number of unbranched alkanes of at least 4 members (excludes halogenated alkanes) is 3. The Morgan fingerprint density at radius 2 is 1.88 bits per heavy atom. The molecule has 1 aliphatic rings. The highest BCUT2D eigenvalue weighted by molar-refractivity contribution is 5.95. The van der Waals surface area contributed by atoms with Crippen LogP contribution in [0.3, 0.4) is 0 Å². The summed E-state index contributed by atoms with van der Waals surface area (Å²) < 4.78 is 39.4. The summed E-state index contributed by atoms with van der Waals surface area (Å²) >= 11 is 0. The first kappa shape index (κ1) is 23.8. The number of hydrogen-bond acceptors (Lipinski definition) is 3. The molecule has 0 unspecified atom stereocenters. The molecule has 32 heavy (non-hydrogen) atoms. The lowest BCUT2D eigenvalue weighted by molar-refractivity contribution is -0.141. The highest BCUT2D eigenvalue weighted by Gasteiger charge is 2.33. The van der Waals surface area contributed by atoms with Crippen LogP contribution in [0.1, 0.15) is 61.5 Å². The predicted molar refractivity (Wildman–Crippen MR) is 114 cm³/mol. The van der Waals surface area contributed by atoms with E-state index in [2.05, 4.69) is 17.3 Å². The first-order chi connectivity index (χ1) is 15.3. The molecule has 2 aromatic rings. The summed E-state index contributed by atoms with van der Waals surface area (Å²) in [4.78, 5) is 27.1. The Kier molecular flexibility index (Phi) is 7.93. The number of alkyl halides is 3. The second-order valence-electron chi connectivity index (χ2n) is 8.13. The molecule has 0 radical (unpaired) electrons. The van der Waals surface area contributed by atoms with Gasteiger partial charge in [0.25, 0.3) is 5.91 Å². The topological polar surface area (TPSA) is 67.2 Å². The molecule has 1 atom stereocenters. The van der Waals surface area contributed by atoms with Crippen molar-refractivity contribution in [2.24, 2.45) is 5.92 Å². The van der Waals surface area contributed by atoms with Crippen molar-refractivity contribution in [2.45, 2.75) is 51.6 Å². The van der Waals surface area contributed by atoms with Gasteiger partial charge in [0.2, 0.25) is 5.91 Å². The maximum Gasteiger partial charge on any atom is 0.435 e. The molecule has 0 spiro atoms. The monoisotopic (exact) mass is 450 g/mol. The van der Waals surface area contributed by atoms with Crippen LogP contribution >= 0.6 is 0 Å². The Bertz CT molecular complexity index is 909. The molecule has 6 nitrogen and oxygen atoms in total. The summed E-state index contributed by atoms with van der Waals surface area (Å²) in [5.41, 5.74) is -0.116. The number of carbonyl (C=O) groups excluding carboxylic acids is 2. The van der Waals surface area contributed by atoms with Gasteiger partial charge in [0.1, 0.15) is 0 Å². The predicted octanol–water partition coefficient (Wildman–Crippen LogP) is 4.44. The lowest BCUT2D eigenvalue weighted by Crippen LogP contribution is -2.45. The third-order valence-corrected chi connectivity index (χ3v) is 5.67. The minimum Gasteiger partial charge on any atom is -0.356 e. The summed E-state index contributed by atoms with van der Waals surface area (Å²) in [6.07, 6.45) is 2.59. The van der Waals surface area contributed by atoms with Crippen LogP contribution in [0.2, 0.25) is 0 Å². The molecule has 0 bridgehead atoms. The van der Waals surface area contributed by atoms with Crippen LogP contribution in [0, 0.1) is 5.92 Å². The van der Waals surface area contributed by atoms with Crippen molar-refractivity contribution in [1.29, 1.82) is 0 Å². The van der Waals surface area contributed by atoms with E-state index in [1.165, 1.54) is 6.20 Å². The zero-order chi connectivity index (χ0) is 23.1. The molecule has 1 fully saturated rings. The number of likely N-dealkylation sites (tertiary alicyclic amines) is 1. The molecular formula is C23H29F3N4O2. The Labute approximate surface area is 185 Å². The SMILES string of the molecule is CCCCCCNC(=O)[C@@H]1CCCN(C(=O)c2ccc(-n3ccc(C(F)(F)F)n3)cc2)C1. The van der Waals surface area contributed by atoms with E-state index in [4.69, 9.17) is 0 Å². The second-order valence-corrected chi connectivity index (χ2v) is 8.13. The summed E-state index contributed by atoms with van der Waals surface area (Å²) in [6, 6.07) is 7.17. The van der Waals surface area contributed by atoms with E-state index in [0.29, 0.717) is 30.9 Å². The highest BCUT2D eigenvalue weighted by atomic mass is 19.4. The lowest BCUT2D eigenvalue weighted by atomic mass is 9.96. The summed E-state index contributed by atoms with van der Waals surface area (Å²) in [5, 5.41) is 6.52. The van der Waals surface area contributed by atoms with Crippen molar-refractivity contribution in [3.8, 4) is 5.69 Å². The number of rotatable bonds is 8. The minimum atomic E-state index is -4.51. The van der Waals surface area contributed by atoms with Crippen LogP contribution in [0.15, 0.2) is 36.5 Å². The van der Waals surface area contributed by atoms with Gasteiger partial charge in [0.15, 0.2) is 5.69 Å². The molecule has 1 aliphatic heterocycles. The van der Waals surface area contributed by atoms with Gasteiger partial charge in [-0.25, -0.2) is 4.68 Å². The van der Waals surface area contributed by atoms with Gasteiger partial charge in [-0.3, -0.25) is 9.59 Å². The van der Waals surface area contributed by atoms with Crippen LogP contribution in [0.25, 0.3) is 5.69 Å². The average Bonchev–Trinajstić information content (AvgIpc) is 3.29. The van der Waals surface area contributed by atoms with Gasteiger partial charge in [-0.1, -0.05) is 26.2 Å². The zero-order valence-electron chi connectivity index (χ0n) is 18.2. The summed E-state index contributed by atoms with van der Waals surface area (Å²) in [6.45, 7) is 3.75. The number of halogens is 3. The Balaban J connectivity index is 1.57. The number of benzene rings is 1. The van der Waals surface area contributed by atoms with E-state index in [9.17, 15) is 22.8 Å². The van der Waals surface area contributed by atoms with Crippen molar-refractivity contribution in [1.82, 2.24) is 20.0 Å². The molecule has 3 rings (SSSR count). The number of aromatic nitrogens is 2. The van der Waals surface area contributed by atoms with Gasteiger partial charge in [-0.05, 0) is 49.6 Å². The Morgan fingerprint density at radius 1 is 1.12 bits per heavy atom. The van der Waals surface area contributed by atoms with Crippen LogP contribution in [0.5, 0.6) is 0 Å². The van der Waals surface area contributed by atoms with Gasteiger partial charge >= 0.3 is 6.18 Å². The molecule has 0 aliphatic carbocycles. The third kappa shape index (κ3) is 6.11. The number of carbonyl (C=O) groups is 2. The molecule has 1 N–H and O–H groups in total. The van der Waals surface area contributed by atoms with Gasteiger partial charge in [0.05, 0.1) is 11.6 Å². The van der Waals surface area contributed by atoms with E-state index in [1.54, 1.807) is 29.2 Å². The van der Waals surface area contributed by atoms with Crippen LogP contribution in [-0.4, -0.2) is 46.1 Å². The van der Waals surface area contributed by atoms with Crippen molar-refractivity contribution >= 4 is 11.8 Å². The van der Waals surface area contributed by atoms with Gasteiger partial charge < -0.3 is 10.2 Å². The molecule has 9 heteroatoms. The Hall–Kier alpha value is -2.84. The number of nitrogens with one attached hydrogen (secondary N) is 1. The standard InChI is InChI=1S/C23H29F3N4O2/c1-2-3-4-5-13-27-21(31)18-7-6-14-29(16-18)22(32)17-8-10-19(11-9-17)30-15-12-20(28-30)23(24,25)26/h8-12,15,18H,2-7,13-14,16H2,1H3,(H,27,31)/t18-/m1/s1. The highest BCUT2D eigenvalue weighted by Crippen LogP contribution is 2.28. The molecule has 1 aromatic carbocycles. The largest absolute Gasteiger partial charge is 0.435 e. The molecule has 174 valence electrons.